The largest absolute Gasteiger partial charge is 0.329 e. The first kappa shape index (κ1) is 16.5. The van der Waals surface area contributed by atoms with Crippen molar-refractivity contribution in [2.75, 3.05) is 6.54 Å². The van der Waals surface area contributed by atoms with Gasteiger partial charge in [0.25, 0.3) is 0 Å². The average Bonchev–Trinajstić information content (AvgIpc) is 2.36. The molecule has 3 atom stereocenters. The van der Waals surface area contributed by atoms with Gasteiger partial charge in [-0.3, -0.25) is 5.32 Å². The van der Waals surface area contributed by atoms with Crippen LogP contribution < -0.4 is 11.1 Å². The Kier molecular flexibility index (Phi) is 8.29. The molecule has 0 rings (SSSR count). The second-order valence-electron chi connectivity index (χ2n) is 5.21. The minimum absolute atomic E-state index is 0.0155. The zero-order chi connectivity index (χ0) is 13.3. The summed E-state index contributed by atoms with van der Waals surface area (Å²) in [7, 11) is 0. The Bertz CT molecular complexity index is 226. The Morgan fingerprint density at radius 1 is 1.35 bits per heavy atom. The van der Waals surface area contributed by atoms with Crippen LogP contribution in [0.5, 0.6) is 0 Å². The normalized spacial score (nSPS) is 18.1. The van der Waals surface area contributed by atoms with Crippen molar-refractivity contribution in [3.05, 3.63) is 0 Å². The summed E-state index contributed by atoms with van der Waals surface area (Å²) in [6, 6.07) is 0.160. The highest BCUT2D eigenvalue weighted by Crippen LogP contribution is 2.23. The SMILES string of the molecule is C#CC(CCC)NC(CC)(CN)CC(C)CC. The van der Waals surface area contributed by atoms with E-state index in [1.54, 1.807) is 0 Å². The van der Waals surface area contributed by atoms with Crippen molar-refractivity contribution in [3.63, 3.8) is 0 Å². The highest BCUT2D eigenvalue weighted by Gasteiger charge is 2.29. The Hall–Kier alpha value is -0.520. The number of nitrogens with two attached hydrogens (primary N) is 1. The summed E-state index contributed by atoms with van der Waals surface area (Å²) in [5.41, 5.74) is 6.00. The van der Waals surface area contributed by atoms with E-state index in [2.05, 4.69) is 38.9 Å². The highest BCUT2D eigenvalue weighted by molar-refractivity contribution is 5.04. The van der Waals surface area contributed by atoms with Crippen molar-refractivity contribution in [1.82, 2.24) is 5.32 Å². The standard InChI is InChI=1S/C15H30N2/c1-6-10-14(8-3)17-15(9-4,12-16)11-13(5)7-2/h3,13-14,17H,6-7,9-12,16H2,1-2,4-5H3. The van der Waals surface area contributed by atoms with E-state index in [4.69, 9.17) is 12.2 Å². The Balaban J connectivity index is 4.64. The minimum atomic E-state index is 0.0155. The fourth-order valence-electron chi connectivity index (χ4n) is 2.26. The first-order valence-electron chi connectivity index (χ1n) is 7.01. The van der Waals surface area contributed by atoms with E-state index in [-0.39, 0.29) is 11.6 Å². The van der Waals surface area contributed by atoms with Crippen molar-refractivity contribution >= 4 is 0 Å². The molecule has 0 radical (unpaired) electrons. The van der Waals surface area contributed by atoms with Gasteiger partial charge in [0.05, 0.1) is 6.04 Å². The fourth-order valence-corrected chi connectivity index (χ4v) is 2.26. The van der Waals surface area contributed by atoms with Gasteiger partial charge >= 0.3 is 0 Å². The molecule has 0 aromatic rings. The van der Waals surface area contributed by atoms with E-state index in [0.29, 0.717) is 12.5 Å². The van der Waals surface area contributed by atoms with Crippen molar-refractivity contribution in [2.45, 2.75) is 71.4 Å². The lowest BCUT2D eigenvalue weighted by atomic mass is 9.83. The molecule has 0 aliphatic rings. The molecule has 3 N–H and O–H groups in total. The molecule has 0 aliphatic heterocycles. The predicted molar refractivity (Wildman–Crippen MR) is 76.8 cm³/mol. The molecule has 0 spiro atoms. The van der Waals surface area contributed by atoms with Gasteiger partial charge in [0.15, 0.2) is 0 Å². The first-order chi connectivity index (χ1) is 8.07. The van der Waals surface area contributed by atoms with Crippen LogP contribution in [0.1, 0.15) is 59.8 Å². The lowest BCUT2D eigenvalue weighted by Crippen LogP contribution is -2.55. The van der Waals surface area contributed by atoms with Gasteiger partial charge in [0, 0.05) is 12.1 Å². The molecule has 0 bridgehead atoms. The van der Waals surface area contributed by atoms with Crippen LogP contribution in [0.3, 0.4) is 0 Å². The summed E-state index contributed by atoms with van der Waals surface area (Å²) < 4.78 is 0. The molecule has 0 heterocycles. The predicted octanol–water partition coefficient (Wildman–Crippen LogP) is 2.92. The van der Waals surface area contributed by atoms with Crippen LogP contribution in [0.2, 0.25) is 0 Å². The molecular formula is C15H30N2. The third kappa shape index (κ3) is 5.57. The zero-order valence-electron chi connectivity index (χ0n) is 12.1. The maximum Gasteiger partial charge on any atom is 0.0691 e. The third-order valence-corrected chi connectivity index (χ3v) is 3.76. The van der Waals surface area contributed by atoms with E-state index in [0.717, 1.165) is 25.7 Å². The first-order valence-corrected chi connectivity index (χ1v) is 7.01. The van der Waals surface area contributed by atoms with Gasteiger partial charge in [-0.15, -0.1) is 6.42 Å². The molecular weight excluding hydrogens is 208 g/mol. The molecule has 100 valence electrons. The minimum Gasteiger partial charge on any atom is -0.329 e. The van der Waals surface area contributed by atoms with Gasteiger partial charge in [-0.05, 0) is 25.2 Å². The van der Waals surface area contributed by atoms with Crippen LogP contribution in [0, 0.1) is 18.3 Å². The van der Waals surface area contributed by atoms with Gasteiger partial charge in [-0.2, -0.15) is 0 Å². The van der Waals surface area contributed by atoms with Crippen LogP contribution in [0.25, 0.3) is 0 Å². The Morgan fingerprint density at radius 2 is 2.00 bits per heavy atom. The van der Waals surface area contributed by atoms with E-state index >= 15 is 0 Å². The van der Waals surface area contributed by atoms with Gasteiger partial charge in [0.2, 0.25) is 0 Å². The highest BCUT2D eigenvalue weighted by atomic mass is 15.0. The Morgan fingerprint density at radius 3 is 2.35 bits per heavy atom. The van der Waals surface area contributed by atoms with Crippen LogP contribution >= 0.6 is 0 Å². The van der Waals surface area contributed by atoms with Crippen LogP contribution in [0.15, 0.2) is 0 Å². The maximum atomic E-state index is 5.99. The van der Waals surface area contributed by atoms with Crippen molar-refractivity contribution in [2.24, 2.45) is 11.7 Å². The molecule has 0 saturated heterocycles. The summed E-state index contributed by atoms with van der Waals surface area (Å²) in [4.78, 5) is 0. The lowest BCUT2D eigenvalue weighted by Gasteiger charge is -2.37. The van der Waals surface area contributed by atoms with Crippen LogP contribution in [-0.4, -0.2) is 18.1 Å². The quantitative estimate of drug-likeness (QED) is 0.606. The van der Waals surface area contributed by atoms with E-state index < -0.39 is 0 Å². The van der Waals surface area contributed by atoms with Gasteiger partial charge < -0.3 is 5.73 Å². The summed E-state index contributed by atoms with van der Waals surface area (Å²) in [6.45, 7) is 9.53. The van der Waals surface area contributed by atoms with Gasteiger partial charge in [-0.25, -0.2) is 0 Å². The molecule has 0 saturated carbocycles. The second-order valence-corrected chi connectivity index (χ2v) is 5.21. The molecule has 2 heteroatoms. The number of hydrogen-bond donors (Lipinski definition) is 2. The monoisotopic (exact) mass is 238 g/mol. The van der Waals surface area contributed by atoms with E-state index in [1.807, 2.05) is 0 Å². The average molecular weight is 238 g/mol. The zero-order valence-corrected chi connectivity index (χ0v) is 12.1. The smallest absolute Gasteiger partial charge is 0.0691 e. The molecule has 0 fully saturated rings. The number of rotatable bonds is 9. The van der Waals surface area contributed by atoms with E-state index in [9.17, 15) is 0 Å². The van der Waals surface area contributed by atoms with Gasteiger partial charge in [0.1, 0.15) is 0 Å². The molecule has 0 aromatic carbocycles. The second kappa shape index (κ2) is 8.55. The van der Waals surface area contributed by atoms with Crippen molar-refractivity contribution in [1.29, 1.82) is 0 Å². The summed E-state index contributed by atoms with van der Waals surface area (Å²) >= 11 is 0. The summed E-state index contributed by atoms with van der Waals surface area (Å²) in [6.07, 6.45) is 11.1. The Labute approximate surface area is 108 Å². The van der Waals surface area contributed by atoms with E-state index in [1.165, 1.54) is 6.42 Å². The van der Waals surface area contributed by atoms with Crippen LogP contribution in [-0.2, 0) is 0 Å². The molecule has 3 unspecified atom stereocenters. The summed E-state index contributed by atoms with van der Waals surface area (Å²) in [5.74, 6) is 3.54. The number of nitrogens with one attached hydrogen (secondary N) is 1. The van der Waals surface area contributed by atoms with Crippen molar-refractivity contribution in [3.8, 4) is 12.3 Å². The number of terminal acetylenes is 1. The number of hydrogen-bond acceptors (Lipinski definition) is 2. The molecule has 17 heavy (non-hydrogen) atoms. The lowest BCUT2D eigenvalue weighted by molar-refractivity contribution is 0.238. The van der Waals surface area contributed by atoms with Crippen molar-refractivity contribution < 1.29 is 0 Å². The summed E-state index contributed by atoms with van der Waals surface area (Å²) in [5, 5.41) is 3.62. The van der Waals surface area contributed by atoms with Crippen LogP contribution in [0.4, 0.5) is 0 Å². The molecule has 0 aliphatic carbocycles. The van der Waals surface area contributed by atoms with Gasteiger partial charge in [-0.1, -0.05) is 46.5 Å². The topological polar surface area (TPSA) is 38.0 Å². The maximum absolute atomic E-state index is 5.99. The third-order valence-electron chi connectivity index (χ3n) is 3.76. The fraction of sp³-hybridized carbons (Fsp3) is 0.867. The molecule has 0 aromatic heterocycles. The molecule has 0 amide bonds. The molecule has 2 nitrogen and oxygen atoms in total.